The van der Waals surface area contributed by atoms with E-state index in [1.807, 2.05) is 30.3 Å². The highest BCUT2D eigenvalue weighted by molar-refractivity contribution is 6.31. The zero-order valence-corrected chi connectivity index (χ0v) is 22.0. The first-order chi connectivity index (χ1) is 18.4. The summed E-state index contributed by atoms with van der Waals surface area (Å²) in [5.74, 6) is -0.248. The van der Waals surface area contributed by atoms with Crippen molar-refractivity contribution in [2.45, 2.75) is 50.3 Å². The molecule has 9 nitrogen and oxygen atoms in total. The van der Waals surface area contributed by atoms with Crippen LogP contribution in [0.1, 0.15) is 37.3 Å². The lowest BCUT2D eigenvalue weighted by Crippen LogP contribution is -2.44. The molecule has 38 heavy (non-hydrogen) atoms. The van der Waals surface area contributed by atoms with Crippen LogP contribution in [-0.2, 0) is 11.2 Å². The highest BCUT2D eigenvalue weighted by atomic mass is 35.5. The summed E-state index contributed by atoms with van der Waals surface area (Å²) in [7, 11) is 0. The molecule has 2 aromatic carbocycles. The van der Waals surface area contributed by atoms with Crippen molar-refractivity contribution < 1.29 is 9.90 Å². The Morgan fingerprint density at radius 2 is 1.87 bits per heavy atom. The number of aliphatic hydroxyl groups excluding tert-OH is 1. The SMILES string of the molecule is O=C(NC1CCC(O)CC1)[C@H](Cc1ccccc1)n1cnc(-c2cc(Cl)ccc2N2C=C(Cl)NN2)cc1=O. The van der Waals surface area contributed by atoms with E-state index in [2.05, 4.69) is 21.3 Å². The van der Waals surface area contributed by atoms with E-state index in [0.29, 0.717) is 59.2 Å². The molecule has 1 amide bonds. The van der Waals surface area contributed by atoms with Gasteiger partial charge in [-0.25, -0.2) is 4.98 Å². The standard InChI is InChI=1S/C27H28Cl2N6O3/c28-18-6-11-23(35-15-25(29)32-33-35)21(13-18)22-14-26(37)34(16-30-22)24(12-17-4-2-1-3-5-17)27(38)31-19-7-9-20(36)10-8-19/h1-6,11,13-16,19-20,24,32-33,36H,7-10,12H2,(H,31,38)/t19?,20?,24-/m0/s1. The van der Waals surface area contributed by atoms with Crippen molar-refractivity contribution in [2.75, 3.05) is 5.01 Å². The number of aromatic nitrogens is 2. The fourth-order valence-corrected chi connectivity index (χ4v) is 5.12. The van der Waals surface area contributed by atoms with Gasteiger partial charge in [0.05, 0.1) is 30.0 Å². The van der Waals surface area contributed by atoms with Crippen LogP contribution in [0.3, 0.4) is 0 Å². The maximum Gasteiger partial charge on any atom is 0.254 e. The average Bonchev–Trinajstić information content (AvgIpc) is 3.35. The Hall–Kier alpha value is -3.37. The Labute approximate surface area is 230 Å². The molecular weight excluding hydrogens is 527 g/mol. The van der Waals surface area contributed by atoms with Gasteiger partial charge in [0, 0.05) is 29.1 Å². The second-order valence-electron chi connectivity index (χ2n) is 9.48. The van der Waals surface area contributed by atoms with Crippen LogP contribution in [0.4, 0.5) is 5.69 Å². The molecular formula is C27H28Cl2N6O3. The number of amides is 1. The van der Waals surface area contributed by atoms with Gasteiger partial charge in [0.15, 0.2) is 0 Å². The van der Waals surface area contributed by atoms with Crippen LogP contribution in [0.5, 0.6) is 0 Å². The fraction of sp³-hybridized carbons (Fsp3) is 0.296. The molecule has 2 aliphatic rings. The monoisotopic (exact) mass is 554 g/mol. The van der Waals surface area contributed by atoms with Gasteiger partial charge < -0.3 is 10.4 Å². The number of nitrogens with zero attached hydrogens (tertiary/aromatic N) is 3. The summed E-state index contributed by atoms with van der Waals surface area (Å²) in [5, 5.41) is 15.5. The fourth-order valence-electron chi connectivity index (χ4n) is 4.81. The lowest BCUT2D eigenvalue weighted by molar-refractivity contribution is -0.125. The zero-order chi connectivity index (χ0) is 26.6. The second kappa shape index (κ2) is 11.6. The Morgan fingerprint density at radius 3 is 2.55 bits per heavy atom. The molecule has 0 saturated heterocycles. The second-order valence-corrected chi connectivity index (χ2v) is 10.3. The molecule has 2 heterocycles. The van der Waals surface area contributed by atoms with Gasteiger partial charge in [-0.05, 0) is 49.4 Å². The summed E-state index contributed by atoms with van der Waals surface area (Å²) in [6.07, 6.45) is 5.77. The average molecular weight is 555 g/mol. The van der Waals surface area contributed by atoms with Crippen molar-refractivity contribution in [3.63, 3.8) is 0 Å². The van der Waals surface area contributed by atoms with Crippen LogP contribution in [0.2, 0.25) is 5.02 Å². The Bertz CT molecular complexity index is 1390. The summed E-state index contributed by atoms with van der Waals surface area (Å²) in [4.78, 5) is 31.5. The predicted molar refractivity (Wildman–Crippen MR) is 147 cm³/mol. The third-order valence-electron chi connectivity index (χ3n) is 6.82. The molecule has 1 aromatic heterocycles. The van der Waals surface area contributed by atoms with Crippen molar-refractivity contribution in [2.24, 2.45) is 0 Å². The van der Waals surface area contributed by atoms with Gasteiger partial charge >= 0.3 is 0 Å². The minimum absolute atomic E-state index is 0.0393. The van der Waals surface area contributed by atoms with Crippen LogP contribution < -0.4 is 26.8 Å². The third-order valence-corrected chi connectivity index (χ3v) is 7.25. The number of halogens is 2. The molecule has 0 bridgehead atoms. The number of carbonyl (C=O) groups excluding carboxylic acids is 1. The van der Waals surface area contributed by atoms with E-state index in [9.17, 15) is 14.7 Å². The van der Waals surface area contributed by atoms with Gasteiger partial charge in [0.2, 0.25) is 5.91 Å². The molecule has 1 saturated carbocycles. The number of hydrogen-bond acceptors (Lipinski definition) is 7. The number of hydrogen-bond donors (Lipinski definition) is 4. The van der Waals surface area contributed by atoms with E-state index in [0.717, 1.165) is 5.56 Å². The van der Waals surface area contributed by atoms with E-state index in [-0.39, 0.29) is 23.6 Å². The van der Waals surface area contributed by atoms with Gasteiger partial charge in [-0.15, -0.1) is 5.53 Å². The van der Waals surface area contributed by atoms with E-state index >= 15 is 0 Å². The molecule has 1 aliphatic heterocycles. The van der Waals surface area contributed by atoms with Gasteiger partial charge in [-0.2, -0.15) is 0 Å². The molecule has 5 rings (SSSR count). The first kappa shape index (κ1) is 26.2. The van der Waals surface area contributed by atoms with E-state index in [1.165, 1.54) is 17.0 Å². The number of benzene rings is 2. The van der Waals surface area contributed by atoms with Crippen LogP contribution in [0, 0.1) is 0 Å². The molecule has 1 fully saturated rings. The third kappa shape index (κ3) is 6.02. The Morgan fingerprint density at radius 1 is 1.11 bits per heavy atom. The van der Waals surface area contributed by atoms with Gasteiger partial charge in [-0.1, -0.05) is 53.5 Å². The number of nitrogens with one attached hydrogen (secondary N) is 3. The van der Waals surface area contributed by atoms with Crippen LogP contribution >= 0.6 is 23.2 Å². The molecule has 1 aliphatic carbocycles. The first-order valence-electron chi connectivity index (χ1n) is 12.5. The quantitative estimate of drug-likeness (QED) is 0.330. The normalized spacial score (nSPS) is 20.0. The van der Waals surface area contributed by atoms with Crippen LogP contribution in [0.25, 0.3) is 11.3 Å². The van der Waals surface area contributed by atoms with Crippen molar-refractivity contribution in [1.29, 1.82) is 0 Å². The van der Waals surface area contributed by atoms with Crippen molar-refractivity contribution in [3.8, 4) is 11.3 Å². The van der Waals surface area contributed by atoms with E-state index in [4.69, 9.17) is 23.2 Å². The summed E-state index contributed by atoms with van der Waals surface area (Å²) in [6, 6.07) is 15.4. The number of hydrazine groups is 2. The van der Waals surface area contributed by atoms with Gasteiger partial charge in [0.1, 0.15) is 11.2 Å². The minimum Gasteiger partial charge on any atom is -0.393 e. The smallest absolute Gasteiger partial charge is 0.254 e. The Balaban J connectivity index is 1.46. The van der Waals surface area contributed by atoms with Crippen molar-refractivity contribution in [1.82, 2.24) is 25.8 Å². The molecule has 198 valence electrons. The van der Waals surface area contributed by atoms with Gasteiger partial charge in [-0.3, -0.25) is 24.6 Å². The molecule has 11 heteroatoms. The van der Waals surface area contributed by atoms with Crippen molar-refractivity contribution in [3.05, 3.63) is 93.2 Å². The molecule has 0 spiro atoms. The zero-order valence-electron chi connectivity index (χ0n) is 20.5. The van der Waals surface area contributed by atoms with Gasteiger partial charge in [0.25, 0.3) is 5.56 Å². The summed E-state index contributed by atoms with van der Waals surface area (Å²) in [6.45, 7) is 0. The maximum absolute atomic E-state index is 13.5. The van der Waals surface area contributed by atoms with Crippen molar-refractivity contribution >= 4 is 34.8 Å². The highest BCUT2D eigenvalue weighted by Crippen LogP contribution is 2.32. The van der Waals surface area contributed by atoms with E-state index < -0.39 is 6.04 Å². The summed E-state index contributed by atoms with van der Waals surface area (Å²) >= 11 is 12.3. The minimum atomic E-state index is -0.789. The summed E-state index contributed by atoms with van der Waals surface area (Å²) < 4.78 is 1.38. The van der Waals surface area contributed by atoms with E-state index in [1.54, 1.807) is 29.4 Å². The molecule has 1 atom stereocenters. The Kier molecular flexibility index (Phi) is 7.99. The number of rotatable bonds is 7. The highest BCUT2D eigenvalue weighted by Gasteiger charge is 2.27. The number of aliphatic hydroxyl groups is 1. The number of carbonyl (C=O) groups is 1. The lowest BCUT2D eigenvalue weighted by Gasteiger charge is -2.28. The molecule has 3 aromatic rings. The summed E-state index contributed by atoms with van der Waals surface area (Å²) in [5.41, 5.74) is 7.97. The largest absolute Gasteiger partial charge is 0.393 e. The molecule has 0 unspecified atom stereocenters. The lowest BCUT2D eigenvalue weighted by atomic mass is 9.92. The first-order valence-corrected chi connectivity index (χ1v) is 13.2. The maximum atomic E-state index is 13.5. The van der Waals surface area contributed by atoms with Crippen LogP contribution in [0.15, 0.2) is 77.1 Å². The molecule has 4 N–H and O–H groups in total. The predicted octanol–water partition coefficient (Wildman–Crippen LogP) is 3.63. The number of anilines is 1. The topological polar surface area (TPSA) is 112 Å². The van der Waals surface area contributed by atoms with Crippen LogP contribution in [-0.4, -0.2) is 32.7 Å². The molecule has 0 radical (unpaired) electrons.